The van der Waals surface area contributed by atoms with Crippen molar-refractivity contribution in [2.45, 2.75) is 38.6 Å². The third-order valence-electron chi connectivity index (χ3n) is 5.67. The molecule has 0 unspecified atom stereocenters. The molecule has 3 aromatic rings. The number of aromatic amines is 1. The van der Waals surface area contributed by atoms with E-state index in [1.807, 2.05) is 0 Å². The van der Waals surface area contributed by atoms with Crippen LogP contribution in [0.5, 0.6) is 5.75 Å². The number of benzene rings is 1. The van der Waals surface area contributed by atoms with Gasteiger partial charge in [-0.2, -0.15) is 0 Å². The molecule has 2 heterocycles. The maximum Gasteiger partial charge on any atom is 0.327 e. The molecule has 0 aliphatic carbocycles. The highest BCUT2D eigenvalue weighted by molar-refractivity contribution is 7.51. The normalized spacial score (nSPS) is 12.2. The minimum Gasteiger partial charge on any atom is -0.505 e. The first kappa shape index (κ1) is 24.6. The number of hydrogen-bond donors (Lipinski definition) is 5. The van der Waals surface area contributed by atoms with Crippen molar-refractivity contribution in [2.24, 2.45) is 0 Å². The molecule has 2 aromatic heterocycles. The maximum atomic E-state index is 13.1. The molecule has 0 spiro atoms. The lowest BCUT2D eigenvalue weighted by molar-refractivity contribution is 0.0896. The van der Waals surface area contributed by atoms with Gasteiger partial charge in [-0.1, -0.05) is 26.0 Å². The number of carbonyl (C=O) groups is 1. The van der Waals surface area contributed by atoms with Gasteiger partial charge in [0.25, 0.3) is 11.5 Å². The van der Waals surface area contributed by atoms with Crippen molar-refractivity contribution in [3.63, 3.8) is 0 Å². The molecule has 33 heavy (non-hydrogen) atoms. The Bertz CT molecular complexity index is 1280. The molecule has 176 valence electrons. The van der Waals surface area contributed by atoms with E-state index in [4.69, 9.17) is 0 Å². The molecule has 0 aliphatic heterocycles. The van der Waals surface area contributed by atoms with Crippen molar-refractivity contribution < 1.29 is 28.6 Å². The number of halogens is 1. The summed E-state index contributed by atoms with van der Waals surface area (Å²) in [4.78, 5) is 51.1. The van der Waals surface area contributed by atoms with Crippen LogP contribution in [0.3, 0.4) is 0 Å². The summed E-state index contributed by atoms with van der Waals surface area (Å²) >= 11 is 0. The molecule has 0 saturated heterocycles. The number of H-pyrrole nitrogens is 1. The third-order valence-corrected chi connectivity index (χ3v) is 6.69. The predicted molar refractivity (Wildman–Crippen MR) is 121 cm³/mol. The van der Waals surface area contributed by atoms with Gasteiger partial charge in [-0.05, 0) is 48.6 Å². The first-order valence-electron chi connectivity index (χ1n) is 10.3. The highest BCUT2D eigenvalue weighted by Gasteiger charge is 2.37. The summed E-state index contributed by atoms with van der Waals surface area (Å²) in [6.07, 6.45) is 1.69. The smallest absolute Gasteiger partial charge is 0.327 e. The molecular formula is C22H25FN3O6P. The Balaban J connectivity index is 1.95. The van der Waals surface area contributed by atoms with Crippen LogP contribution in [-0.2, 0) is 11.0 Å². The van der Waals surface area contributed by atoms with Crippen molar-refractivity contribution in [2.75, 3.05) is 6.16 Å². The van der Waals surface area contributed by atoms with Crippen molar-refractivity contribution in [3.05, 3.63) is 69.4 Å². The van der Waals surface area contributed by atoms with Gasteiger partial charge in [0, 0.05) is 6.20 Å². The number of fused-ring (bicyclic) bond motifs is 1. The molecular weight excluding hydrogens is 452 g/mol. The molecule has 0 radical (unpaired) electrons. The zero-order valence-electron chi connectivity index (χ0n) is 18.1. The predicted octanol–water partition coefficient (Wildman–Crippen LogP) is 2.82. The second-order valence-electron chi connectivity index (χ2n) is 7.99. The minimum absolute atomic E-state index is 0.00353. The van der Waals surface area contributed by atoms with Crippen LogP contribution in [0.4, 0.5) is 4.39 Å². The van der Waals surface area contributed by atoms with Crippen LogP contribution in [0.25, 0.3) is 11.0 Å². The summed E-state index contributed by atoms with van der Waals surface area (Å²) in [7, 11) is -4.46. The van der Waals surface area contributed by atoms with Gasteiger partial charge in [0.1, 0.15) is 16.9 Å². The Morgan fingerprint density at radius 1 is 1.18 bits per heavy atom. The molecule has 0 saturated carbocycles. The number of pyridine rings is 2. The lowest BCUT2D eigenvalue weighted by Gasteiger charge is -2.33. The summed E-state index contributed by atoms with van der Waals surface area (Å²) in [5, 5.41) is 13.2. The number of hydrogen-bond acceptors (Lipinski definition) is 5. The zero-order chi connectivity index (χ0) is 24.4. The second-order valence-corrected chi connectivity index (χ2v) is 9.63. The standard InChI is InChI=1S/C22H25FN3O6P/c1-3-22(4-2,12-33(30,31)32)26-21(29)17-19(27)18-16(25-20(17)28)10-14(11-24-18)9-13-5-7-15(23)8-6-13/h5-8,10-11H,3-4,9,12H2,1-2H3,(H,26,29)(H2,25,27,28)(H2,30,31,32). The molecule has 11 heteroatoms. The van der Waals surface area contributed by atoms with E-state index in [2.05, 4.69) is 15.3 Å². The van der Waals surface area contributed by atoms with E-state index in [0.29, 0.717) is 12.0 Å². The summed E-state index contributed by atoms with van der Waals surface area (Å²) in [5.74, 6) is -1.94. The molecule has 5 N–H and O–H groups in total. The SMILES string of the molecule is CCC(CC)(CP(=O)(O)O)NC(=O)c1c(O)c2ncc(Cc3ccc(F)cc3)cc2[nH]c1=O. The Kier molecular flexibility index (Phi) is 7.02. The molecule has 0 fully saturated rings. The van der Waals surface area contributed by atoms with Gasteiger partial charge in [-0.25, -0.2) is 4.39 Å². The van der Waals surface area contributed by atoms with E-state index in [9.17, 15) is 33.4 Å². The summed E-state index contributed by atoms with van der Waals surface area (Å²) in [6, 6.07) is 7.52. The molecule has 0 aliphatic rings. The van der Waals surface area contributed by atoms with Gasteiger partial charge in [0.05, 0.1) is 17.2 Å². The number of nitrogens with zero attached hydrogens (tertiary/aromatic N) is 1. The van der Waals surface area contributed by atoms with Gasteiger partial charge in [0.2, 0.25) is 0 Å². The monoisotopic (exact) mass is 477 g/mol. The summed E-state index contributed by atoms with van der Waals surface area (Å²) in [5.41, 5.74) is -0.984. The van der Waals surface area contributed by atoms with Gasteiger partial charge < -0.3 is 25.2 Å². The number of carbonyl (C=O) groups excluding carboxylic acids is 1. The Morgan fingerprint density at radius 3 is 2.39 bits per heavy atom. The van der Waals surface area contributed by atoms with Crippen LogP contribution in [0, 0.1) is 5.82 Å². The van der Waals surface area contributed by atoms with Gasteiger partial charge in [-0.3, -0.25) is 19.1 Å². The van der Waals surface area contributed by atoms with E-state index < -0.39 is 42.1 Å². The lowest BCUT2D eigenvalue weighted by Crippen LogP contribution is -2.51. The first-order chi connectivity index (χ1) is 15.5. The number of amides is 1. The fourth-order valence-corrected chi connectivity index (χ4v) is 5.05. The van der Waals surface area contributed by atoms with E-state index in [0.717, 1.165) is 5.56 Å². The van der Waals surface area contributed by atoms with Crippen molar-refractivity contribution in [1.29, 1.82) is 0 Å². The van der Waals surface area contributed by atoms with E-state index >= 15 is 0 Å². The third kappa shape index (κ3) is 5.65. The van der Waals surface area contributed by atoms with Gasteiger partial charge in [-0.15, -0.1) is 0 Å². The lowest BCUT2D eigenvalue weighted by atomic mass is 9.94. The van der Waals surface area contributed by atoms with Gasteiger partial charge >= 0.3 is 7.60 Å². The van der Waals surface area contributed by atoms with E-state index in [-0.39, 0.29) is 29.7 Å². The van der Waals surface area contributed by atoms with Crippen LogP contribution >= 0.6 is 7.60 Å². The average molecular weight is 477 g/mol. The van der Waals surface area contributed by atoms with Crippen LogP contribution in [-0.4, -0.2) is 42.5 Å². The minimum atomic E-state index is -4.46. The molecule has 3 rings (SSSR count). The van der Waals surface area contributed by atoms with Crippen LogP contribution < -0.4 is 10.9 Å². The molecule has 9 nitrogen and oxygen atoms in total. The van der Waals surface area contributed by atoms with Crippen LogP contribution in [0.2, 0.25) is 0 Å². The van der Waals surface area contributed by atoms with Crippen LogP contribution in [0.1, 0.15) is 48.2 Å². The zero-order valence-corrected chi connectivity index (χ0v) is 19.0. The van der Waals surface area contributed by atoms with Crippen molar-refractivity contribution >= 4 is 24.5 Å². The fraction of sp³-hybridized carbons (Fsp3) is 0.318. The van der Waals surface area contributed by atoms with Crippen molar-refractivity contribution in [3.8, 4) is 5.75 Å². The van der Waals surface area contributed by atoms with E-state index in [1.54, 1.807) is 32.0 Å². The Hall–Kier alpha value is -3.07. The summed E-state index contributed by atoms with van der Waals surface area (Å²) in [6.45, 7) is 3.32. The quantitative estimate of drug-likeness (QED) is 0.313. The van der Waals surface area contributed by atoms with E-state index in [1.165, 1.54) is 18.3 Å². The second kappa shape index (κ2) is 9.43. The number of aromatic nitrogens is 2. The van der Waals surface area contributed by atoms with Crippen molar-refractivity contribution in [1.82, 2.24) is 15.3 Å². The highest BCUT2D eigenvalue weighted by Crippen LogP contribution is 2.40. The highest BCUT2D eigenvalue weighted by atomic mass is 31.2. The largest absolute Gasteiger partial charge is 0.505 e. The Labute approximate surface area is 188 Å². The number of nitrogens with one attached hydrogen (secondary N) is 2. The molecule has 1 amide bonds. The summed E-state index contributed by atoms with van der Waals surface area (Å²) < 4.78 is 24.7. The number of rotatable bonds is 8. The average Bonchev–Trinajstić information content (AvgIpc) is 2.73. The topological polar surface area (TPSA) is 153 Å². The molecule has 1 aromatic carbocycles. The first-order valence-corrected chi connectivity index (χ1v) is 12.1. The molecule has 0 atom stereocenters. The fourth-order valence-electron chi connectivity index (χ4n) is 3.74. The van der Waals surface area contributed by atoms with Gasteiger partial charge in [0.15, 0.2) is 5.75 Å². The Morgan fingerprint density at radius 2 is 1.82 bits per heavy atom. The number of aromatic hydroxyl groups is 1. The van der Waals surface area contributed by atoms with Crippen LogP contribution in [0.15, 0.2) is 41.3 Å². The maximum absolute atomic E-state index is 13.1. The molecule has 0 bridgehead atoms.